The van der Waals surface area contributed by atoms with Crippen LogP contribution in [0.5, 0.6) is 0 Å². The van der Waals surface area contributed by atoms with E-state index in [0.717, 1.165) is 4.90 Å². The SMILES string of the molecule is CC(C)(C)OC(=O)N1C[C@H](O)C[C@]1(C)C(=O)O. The number of carbonyl (C=O) groups excluding carboxylic acids is 1. The Labute approximate surface area is 100 Å². The van der Waals surface area contributed by atoms with Gasteiger partial charge in [-0.2, -0.15) is 0 Å². The molecule has 17 heavy (non-hydrogen) atoms. The minimum absolute atomic E-state index is 0.0155. The summed E-state index contributed by atoms with van der Waals surface area (Å²) in [6.07, 6.45) is -1.52. The van der Waals surface area contributed by atoms with E-state index in [1.54, 1.807) is 20.8 Å². The Morgan fingerprint density at radius 2 is 1.94 bits per heavy atom. The molecule has 0 saturated carbocycles. The topological polar surface area (TPSA) is 87.1 Å². The highest BCUT2D eigenvalue weighted by molar-refractivity contribution is 5.85. The Hall–Kier alpha value is -1.30. The van der Waals surface area contributed by atoms with Crippen LogP contribution < -0.4 is 0 Å². The molecule has 0 unspecified atom stereocenters. The quantitative estimate of drug-likeness (QED) is 0.714. The standard InChI is InChI=1S/C11H19NO5/c1-10(2,3)17-9(16)12-6-7(13)5-11(12,4)8(14)15/h7,13H,5-6H2,1-4H3,(H,14,15)/t7-,11-/m1/s1. The number of ether oxygens (including phenoxy) is 1. The Kier molecular flexibility index (Phi) is 3.38. The molecule has 98 valence electrons. The Morgan fingerprint density at radius 3 is 2.35 bits per heavy atom. The summed E-state index contributed by atoms with van der Waals surface area (Å²) in [5.41, 5.74) is -2.09. The number of aliphatic carboxylic acids is 1. The van der Waals surface area contributed by atoms with Gasteiger partial charge in [0.05, 0.1) is 12.6 Å². The number of rotatable bonds is 1. The first kappa shape index (κ1) is 13.8. The molecular weight excluding hydrogens is 226 g/mol. The second-order valence-corrected chi connectivity index (χ2v) is 5.53. The predicted octanol–water partition coefficient (Wildman–Crippen LogP) is 0.831. The molecule has 0 aromatic carbocycles. The van der Waals surface area contributed by atoms with Crippen molar-refractivity contribution in [2.75, 3.05) is 6.54 Å². The smallest absolute Gasteiger partial charge is 0.411 e. The summed E-state index contributed by atoms with van der Waals surface area (Å²) >= 11 is 0. The van der Waals surface area contributed by atoms with Crippen LogP contribution in [0.2, 0.25) is 0 Å². The second kappa shape index (κ2) is 4.18. The number of β-amino-alcohol motifs (C(OH)–C–C–N with tert-alkyl or cyclic N) is 1. The molecule has 0 aliphatic carbocycles. The van der Waals surface area contributed by atoms with E-state index >= 15 is 0 Å². The van der Waals surface area contributed by atoms with Crippen molar-refractivity contribution < 1.29 is 24.5 Å². The van der Waals surface area contributed by atoms with Crippen LogP contribution in [0.25, 0.3) is 0 Å². The number of carboxylic acid groups (broad SMARTS) is 1. The number of aliphatic hydroxyl groups is 1. The summed E-state index contributed by atoms with van der Waals surface area (Å²) in [4.78, 5) is 24.1. The molecule has 1 saturated heterocycles. The van der Waals surface area contributed by atoms with Gasteiger partial charge in [0.2, 0.25) is 0 Å². The van der Waals surface area contributed by atoms with Crippen LogP contribution >= 0.6 is 0 Å². The van der Waals surface area contributed by atoms with Gasteiger partial charge in [-0.25, -0.2) is 9.59 Å². The van der Waals surface area contributed by atoms with E-state index in [4.69, 9.17) is 9.84 Å². The van der Waals surface area contributed by atoms with Crippen LogP contribution in [0, 0.1) is 0 Å². The fourth-order valence-electron chi connectivity index (χ4n) is 1.84. The number of carboxylic acids is 1. The van der Waals surface area contributed by atoms with Crippen molar-refractivity contribution in [2.45, 2.75) is 51.4 Å². The zero-order valence-electron chi connectivity index (χ0n) is 10.6. The maximum atomic E-state index is 11.9. The van der Waals surface area contributed by atoms with Crippen molar-refractivity contribution in [3.8, 4) is 0 Å². The van der Waals surface area contributed by atoms with Crippen molar-refractivity contribution in [3.05, 3.63) is 0 Å². The molecule has 1 fully saturated rings. The van der Waals surface area contributed by atoms with Gasteiger partial charge in [-0.15, -0.1) is 0 Å². The molecule has 1 aliphatic heterocycles. The minimum Gasteiger partial charge on any atom is -0.480 e. The summed E-state index contributed by atoms with van der Waals surface area (Å²) in [6.45, 7) is 6.51. The lowest BCUT2D eigenvalue weighted by atomic mass is 9.99. The number of amides is 1. The van der Waals surface area contributed by atoms with Crippen LogP contribution in [-0.4, -0.2) is 51.0 Å². The van der Waals surface area contributed by atoms with Crippen LogP contribution in [0.1, 0.15) is 34.1 Å². The molecule has 2 atom stereocenters. The van der Waals surface area contributed by atoms with Gasteiger partial charge < -0.3 is 14.9 Å². The molecule has 0 aromatic heterocycles. The number of carbonyl (C=O) groups is 2. The maximum Gasteiger partial charge on any atom is 0.411 e. The first-order valence-electron chi connectivity index (χ1n) is 5.48. The van der Waals surface area contributed by atoms with Gasteiger partial charge in [-0.05, 0) is 27.7 Å². The number of likely N-dealkylation sites (tertiary alicyclic amines) is 1. The zero-order valence-corrected chi connectivity index (χ0v) is 10.6. The average Bonchev–Trinajstić information content (AvgIpc) is 2.40. The van der Waals surface area contributed by atoms with Crippen LogP contribution in [-0.2, 0) is 9.53 Å². The highest BCUT2D eigenvalue weighted by Crippen LogP contribution is 2.31. The third kappa shape index (κ3) is 2.88. The molecule has 1 aliphatic rings. The van der Waals surface area contributed by atoms with E-state index in [9.17, 15) is 14.7 Å². The molecule has 1 amide bonds. The van der Waals surface area contributed by atoms with Gasteiger partial charge in [0, 0.05) is 6.42 Å². The molecule has 2 N–H and O–H groups in total. The Morgan fingerprint density at radius 1 is 1.41 bits per heavy atom. The van der Waals surface area contributed by atoms with E-state index < -0.39 is 29.3 Å². The zero-order chi connectivity index (χ0) is 13.4. The Bertz CT molecular complexity index is 335. The predicted molar refractivity (Wildman–Crippen MR) is 59.6 cm³/mol. The number of hydrogen-bond donors (Lipinski definition) is 2. The molecule has 0 spiro atoms. The van der Waals surface area contributed by atoms with Crippen LogP contribution in [0.15, 0.2) is 0 Å². The van der Waals surface area contributed by atoms with Crippen molar-refractivity contribution in [1.29, 1.82) is 0 Å². The number of nitrogens with zero attached hydrogens (tertiary/aromatic N) is 1. The van der Waals surface area contributed by atoms with E-state index in [0.29, 0.717) is 0 Å². The van der Waals surface area contributed by atoms with E-state index in [1.807, 2.05) is 0 Å². The fourth-order valence-corrected chi connectivity index (χ4v) is 1.84. The van der Waals surface area contributed by atoms with E-state index in [2.05, 4.69) is 0 Å². The second-order valence-electron chi connectivity index (χ2n) is 5.53. The molecule has 0 aromatic rings. The highest BCUT2D eigenvalue weighted by Gasteiger charge is 2.51. The van der Waals surface area contributed by atoms with Gasteiger partial charge in [-0.3, -0.25) is 4.90 Å². The normalized spacial score (nSPS) is 29.2. The molecule has 6 nitrogen and oxygen atoms in total. The summed E-state index contributed by atoms with van der Waals surface area (Å²) in [5, 5.41) is 18.7. The summed E-state index contributed by atoms with van der Waals surface area (Å²) in [5.74, 6) is -1.14. The summed E-state index contributed by atoms with van der Waals surface area (Å²) < 4.78 is 5.13. The van der Waals surface area contributed by atoms with Crippen molar-refractivity contribution in [1.82, 2.24) is 4.90 Å². The highest BCUT2D eigenvalue weighted by atomic mass is 16.6. The molecule has 6 heteroatoms. The molecule has 1 rings (SSSR count). The molecule has 0 bridgehead atoms. The third-order valence-corrected chi connectivity index (χ3v) is 2.70. The van der Waals surface area contributed by atoms with Gasteiger partial charge in [0.25, 0.3) is 0 Å². The van der Waals surface area contributed by atoms with Crippen molar-refractivity contribution in [2.24, 2.45) is 0 Å². The Balaban J connectivity index is 2.88. The van der Waals surface area contributed by atoms with Crippen molar-refractivity contribution in [3.63, 3.8) is 0 Å². The van der Waals surface area contributed by atoms with E-state index in [-0.39, 0.29) is 13.0 Å². The number of aliphatic hydroxyl groups excluding tert-OH is 1. The van der Waals surface area contributed by atoms with Gasteiger partial charge in [0.15, 0.2) is 0 Å². The lowest BCUT2D eigenvalue weighted by molar-refractivity contribution is -0.148. The fraction of sp³-hybridized carbons (Fsp3) is 0.818. The van der Waals surface area contributed by atoms with Crippen molar-refractivity contribution >= 4 is 12.1 Å². The number of hydrogen-bond acceptors (Lipinski definition) is 4. The largest absolute Gasteiger partial charge is 0.480 e. The van der Waals surface area contributed by atoms with Gasteiger partial charge in [0.1, 0.15) is 11.1 Å². The minimum atomic E-state index is -1.40. The van der Waals surface area contributed by atoms with Crippen LogP contribution in [0.4, 0.5) is 4.79 Å². The summed E-state index contributed by atoms with van der Waals surface area (Å²) in [6, 6.07) is 0. The lowest BCUT2D eigenvalue weighted by Gasteiger charge is -2.32. The maximum absolute atomic E-state index is 11.9. The van der Waals surface area contributed by atoms with Crippen LogP contribution in [0.3, 0.4) is 0 Å². The first-order chi connectivity index (χ1) is 7.56. The summed E-state index contributed by atoms with van der Waals surface area (Å²) in [7, 11) is 0. The lowest BCUT2D eigenvalue weighted by Crippen LogP contribution is -2.52. The average molecular weight is 245 g/mol. The first-order valence-corrected chi connectivity index (χ1v) is 5.48. The molecule has 0 radical (unpaired) electrons. The third-order valence-electron chi connectivity index (χ3n) is 2.70. The van der Waals surface area contributed by atoms with Gasteiger partial charge >= 0.3 is 12.1 Å². The molecule has 1 heterocycles. The van der Waals surface area contributed by atoms with E-state index in [1.165, 1.54) is 6.92 Å². The molecular formula is C11H19NO5. The monoisotopic (exact) mass is 245 g/mol. The van der Waals surface area contributed by atoms with Gasteiger partial charge in [-0.1, -0.05) is 0 Å².